The number of hydrogen-bond acceptors (Lipinski definition) is 4. The van der Waals surface area contributed by atoms with Gasteiger partial charge in [-0.05, 0) is 60.5 Å². The molecule has 7 heteroatoms. The minimum Gasteiger partial charge on any atom is -0.494 e. The Morgan fingerprint density at radius 1 is 1.13 bits per heavy atom. The Kier molecular flexibility index (Phi) is 6.01. The van der Waals surface area contributed by atoms with E-state index < -0.39 is 10.0 Å². The smallest absolute Gasteiger partial charge is 0.276 e. The van der Waals surface area contributed by atoms with Crippen molar-refractivity contribution < 1.29 is 13.2 Å². The maximum absolute atomic E-state index is 12.0. The lowest BCUT2D eigenvalue weighted by Crippen LogP contribution is -2.18. The van der Waals surface area contributed by atoms with Crippen LogP contribution in [-0.4, -0.2) is 21.2 Å². The highest BCUT2D eigenvalue weighted by atomic mass is 35.5. The molecule has 2 rings (SSSR count). The van der Waals surface area contributed by atoms with Crippen molar-refractivity contribution >= 4 is 27.8 Å². The number of nitrogens with one attached hydrogen (secondary N) is 1. The summed E-state index contributed by atoms with van der Waals surface area (Å²) in [5, 5.41) is 4.24. The lowest BCUT2D eigenvalue weighted by molar-refractivity contribution is 0.317. The van der Waals surface area contributed by atoms with Crippen LogP contribution in [-0.2, 0) is 10.0 Å². The minimum absolute atomic E-state index is 0.0994. The molecule has 0 aliphatic heterocycles. The van der Waals surface area contributed by atoms with Crippen LogP contribution in [0.4, 0.5) is 0 Å². The molecule has 0 bridgehead atoms. The number of ether oxygens (including phenoxy) is 1. The van der Waals surface area contributed by atoms with E-state index in [1.54, 1.807) is 12.1 Å². The highest BCUT2D eigenvalue weighted by Crippen LogP contribution is 2.14. The monoisotopic (exact) mass is 352 g/mol. The van der Waals surface area contributed by atoms with E-state index in [1.165, 1.54) is 30.5 Å². The third-order valence-corrected chi connectivity index (χ3v) is 4.35. The van der Waals surface area contributed by atoms with Gasteiger partial charge in [0.05, 0.1) is 17.7 Å². The van der Waals surface area contributed by atoms with Crippen molar-refractivity contribution in [3.63, 3.8) is 0 Å². The number of hydrazone groups is 1. The molecule has 0 unspecified atom stereocenters. The molecule has 0 spiro atoms. The first-order valence-electron chi connectivity index (χ1n) is 7.04. The van der Waals surface area contributed by atoms with Gasteiger partial charge >= 0.3 is 0 Å². The van der Waals surface area contributed by atoms with Gasteiger partial charge in [-0.25, -0.2) is 4.83 Å². The summed E-state index contributed by atoms with van der Waals surface area (Å²) in [6.07, 6.45) is 2.37. The van der Waals surface area contributed by atoms with Crippen molar-refractivity contribution in [2.24, 2.45) is 5.10 Å². The van der Waals surface area contributed by atoms with Crippen LogP contribution in [0, 0.1) is 0 Å². The Morgan fingerprint density at radius 2 is 1.78 bits per heavy atom. The third kappa shape index (κ3) is 5.26. The summed E-state index contributed by atoms with van der Waals surface area (Å²) in [6, 6.07) is 13.1. The number of halogens is 1. The van der Waals surface area contributed by atoms with Crippen molar-refractivity contribution in [1.82, 2.24) is 4.83 Å². The van der Waals surface area contributed by atoms with Gasteiger partial charge in [-0.1, -0.05) is 18.5 Å². The quantitative estimate of drug-likeness (QED) is 0.613. The second-order valence-electron chi connectivity index (χ2n) is 4.72. The first-order valence-corrected chi connectivity index (χ1v) is 8.90. The van der Waals surface area contributed by atoms with Gasteiger partial charge in [-0.3, -0.25) is 0 Å². The van der Waals surface area contributed by atoms with Crippen molar-refractivity contribution in [2.45, 2.75) is 18.2 Å². The van der Waals surface area contributed by atoms with Crippen molar-refractivity contribution in [3.8, 4) is 5.75 Å². The van der Waals surface area contributed by atoms with Gasteiger partial charge in [0.2, 0.25) is 0 Å². The molecule has 2 aromatic carbocycles. The molecule has 0 aliphatic rings. The molecule has 5 nitrogen and oxygen atoms in total. The second kappa shape index (κ2) is 7.99. The van der Waals surface area contributed by atoms with Crippen LogP contribution in [0.15, 0.2) is 58.5 Å². The number of nitrogens with zero attached hydrogens (tertiary/aromatic N) is 1. The molecule has 0 fully saturated rings. The molecule has 0 atom stereocenters. The summed E-state index contributed by atoms with van der Waals surface area (Å²) < 4.78 is 29.5. The third-order valence-electron chi connectivity index (χ3n) is 2.86. The first kappa shape index (κ1) is 17.3. The van der Waals surface area contributed by atoms with Gasteiger partial charge < -0.3 is 4.74 Å². The minimum atomic E-state index is -3.70. The van der Waals surface area contributed by atoms with Gasteiger partial charge in [0, 0.05) is 5.02 Å². The number of rotatable bonds is 7. The van der Waals surface area contributed by atoms with Crippen LogP contribution < -0.4 is 9.57 Å². The van der Waals surface area contributed by atoms with E-state index in [4.69, 9.17) is 16.3 Å². The van der Waals surface area contributed by atoms with E-state index in [9.17, 15) is 8.42 Å². The molecule has 0 amide bonds. The maximum Gasteiger partial charge on any atom is 0.276 e. The van der Waals surface area contributed by atoms with Crippen molar-refractivity contribution in [3.05, 3.63) is 59.1 Å². The SMILES string of the molecule is CCCOc1ccc(/C=N\NS(=O)(=O)c2ccc(Cl)cc2)cc1. The average Bonchev–Trinajstić information content (AvgIpc) is 2.54. The molecular weight excluding hydrogens is 336 g/mol. The van der Waals surface area contributed by atoms with Crippen LogP contribution in [0.5, 0.6) is 5.75 Å². The number of hydrogen-bond donors (Lipinski definition) is 1. The average molecular weight is 353 g/mol. The largest absolute Gasteiger partial charge is 0.494 e. The van der Waals surface area contributed by atoms with Gasteiger partial charge in [-0.15, -0.1) is 0 Å². The fourth-order valence-electron chi connectivity index (χ4n) is 1.71. The van der Waals surface area contributed by atoms with Gasteiger partial charge in [0.1, 0.15) is 5.75 Å². The topological polar surface area (TPSA) is 67.8 Å². The maximum atomic E-state index is 12.0. The zero-order valence-electron chi connectivity index (χ0n) is 12.6. The molecule has 1 N–H and O–H groups in total. The normalized spacial score (nSPS) is 11.6. The Labute approximate surface area is 141 Å². The van der Waals surface area contributed by atoms with E-state index in [0.29, 0.717) is 11.6 Å². The molecule has 0 saturated carbocycles. The summed E-state index contributed by atoms with van der Waals surface area (Å²) in [7, 11) is -3.70. The number of sulfonamides is 1. The predicted molar refractivity (Wildman–Crippen MR) is 91.6 cm³/mol. The standard InChI is InChI=1S/C16H17ClN2O3S/c1-2-11-22-15-7-3-13(4-8-15)12-18-19-23(20,21)16-9-5-14(17)6-10-16/h3-10,12,19H,2,11H2,1H3/b18-12-. The van der Waals surface area contributed by atoms with Gasteiger partial charge in [0.25, 0.3) is 10.0 Å². The Bertz CT molecular complexity index is 757. The summed E-state index contributed by atoms with van der Waals surface area (Å²) in [4.78, 5) is 2.26. The summed E-state index contributed by atoms with van der Waals surface area (Å²) in [6.45, 7) is 2.70. The van der Waals surface area contributed by atoms with Crippen LogP contribution in [0.1, 0.15) is 18.9 Å². The highest BCUT2D eigenvalue weighted by molar-refractivity contribution is 7.89. The van der Waals surface area contributed by atoms with Crippen molar-refractivity contribution in [1.29, 1.82) is 0 Å². The fraction of sp³-hybridized carbons (Fsp3) is 0.188. The molecule has 23 heavy (non-hydrogen) atoms. The Morgan fingerprint density at radius 3 is 2.39 bits per heavy atom. The summed E-state index contributed by atoms with van der Waals surface area (Å²) in [5.74, 6) is 0.769. The van der Waals surface area contributed by atoms with Crippen LogP contribution >= 0.6 is 11.6 Å². The predicted octanol–water partition coefficient (Wildman–Crippen LogP) is 3.44. The fourth-order valence-corrected chi connectivity index (χ4v) is 2.62. The van der Waals surface area contributed by atoms with Crippen molar-refractivity contribution in [2.75, 3.05) is 6.61 Å². The van der Waals surface area contributed by atoms with E-state index in [1.807, 2.05) is 19.1 Å². The van der Waals surface area contributed by atoms with Crippen LogP contribution in [0.3, 0.4) is 0 Å². The highest BCUT2D eigenvalue weighted by Gasteiger charge is 2.11. The second-order valence-corrected chi connectivity index (χ2v) is 6.82. The zero-order valence-corrected chi connectivity index (χ0v) is 14.1. The summed E-state index contributed by atoms with van der Waals surface area (Å²) >= 11 is 5.74. The Hall–Kier alpha value is -2.05. The van der Waals surface area contributed by atoms with Crippen LogP contribution in [0.2, 0.25) is 5.02 Å². The van der Waals surface area contributed by atoms with E-state index in [-0.39, 0.29) is 4.90 Å². The van der Waals surface area contributed by atoms with Crippen LogP contribution in [0.25, 0.3) is 0 Å². The molecule has 0 saturated heterocycles. The van der Waals surface area contributed by atoms with E-state index in [2.05, 4.69) is 9.93 Å². The lowest BCUT2D eigenvalue weighted by Gasteiger charge is -2.04. The van der Waals surface area contributed by atoms with E-state index in [0.717, 1.165) is 17.7 Å². The molecule has 0 heterocycles. The number of benzene rings is 2. The zero-order chi connectivity index (χ0) is 16.7. The molecule has 0 aromatic heterocycles. The lowest BCUT2D eigenvalue weighted by atomic mass is 10.2. The first-order chi connectivity index (χ1) is 11.0. The van der Waals surface area contributed by atoms with Gasteiger partial charge in [0.15, 0.2) is 0 Å². The molecule has 0 radical (unpaired) electrons. The molecular formula is C16H17ClN2O3S. The Balaban J connectivity index is 1.99. The van der Waals surface area contributed by atoms with Gasteiger partial charge in [-0.2, -0.15) is 13.5 Å². The summed E-state index contributed by atoms with van der Waals surface area (Å²) in [5.41, 5.74) is 0.757. The molecule has 0 aliphatic carbocycles. The van der Waals surface area contributed by atoms with E-state index >= 15 is 0 Å². The molecule has 122 valence electrons. The molecule has 2 aromatic rings.